The van der Waals surface area contributed by atoms with Crippen LogP contribution in [0.5, 0.6) is 0 Å². The highest BCUT2D eigenvalue weighted by atomic mass is 16.3. The van der Waals surface area contributed by atoms with Gasteiger partial charge in [0.15, 0.2) is 17.5 Å². The van der Waals surface area contributed by atoms with E-state index >= 15 is 0 Å². The molecule has 0 spiro atoms. The molecule has 7 aromatic carbocycles. The van der Waals surface area contributed by atoms with Crippen LogP contribution in [0.4, 0.5) is 0 Å². The Bertz CT molecular complexity index is 3540. The van der Waals surface area contributed by atoms with Crippen molar-refractivity contribution in [1.82, 2.24) is 19.5 Å². The molecule has 59 heavy (non-hydrogen) atoms. The molecular formula is C45H34B8N4O2. The number of benzene rings is 7. The number of hydrogen-bond donors (Lipinski definition) is 0. The molecule has 11 rings (SSSR count). The van der Waals surface area contributed by atoms with Crippen molar-refractivity contribution in [1.29, 1.82) is 0 Å². The van der Waals surface area contributed by atoms with Crippen molar-refractivity contribution < 1.29 is 8.83 Å². The molecule has 0 aliphatic heterocycles. The molecule has 0 amide bonds. The minimum Gasteiger partial charge on any atom is -0.456 e. The molecule has 4 heterocycles. The van der Waals surface area contributed by atoms with Crippen LogP contribution in [0.15, 0.2) is 118 Å². The number of para-hydroxylation sites is 1. The van der Waals surface area contributed by atoms with Crippen LogP contribution in [0.2, 0.25) is 0 Å². The van der Waals surface area contributed by atoms with Crippen molar-refractivity contribution in [3.8, 4) is 39.9 Å². The number of hydrogen-bond acceptors (Lipinski definition) is 5. The predicted molar refractivity (Wildman–Crippen MR) is 270 cm³/mol. The van der Waals surface area contributed by atoms with E-state index in [1.54, 1.807) is 0 Å². The Kier molecular flexibility index (Phi) is 7.84. The van der Waals surface area contributed by atoms with Crippen LogP contribution in [0.1, 0.15) is 0 Å². The molecule has 14 heteroatoms. The van der Waals surface area contributed by atoms with Crippen LogP contribution in [0, 0.1) is 0 Å². The van der Waals surface area contributed by atoms with Crippen LogP contribution in [-0.2, 0) is 0 Å². The van der Waals surface area contributed by atoms with Gasteiger partial charge in [0, 0.05) is 43.9 Å². The summed E-state index contributed by atoms with van der Waals surface area (Å²) in [4.78, 5) is 15.4. The van der Waals surface area contributed by atoms with E-state index < -0.39 is 0 Å². The maximum absolute atomic E-state index is 6.80. The van der Waals surface area contributed by atoms with E-state index in [4.69, 9.17) is 23.8 Å². The second-order valence-corrected chi connectivity index (χ2v) is 16.2. The van der Waals surface area contributed by atoms with Gasteiger partial charge in [-0.2, -0.15) is 0 Å². The van der Waals surface area contributed by atoms with Crippen LogP contribution in [-0.4, -0.2) is 82.3 Å². The van der Waals surface area contributed by atoms with E-state index in [-0.39, 0.29) is 0 Å². The molecule has 11 aromatic rings. The Balaban J connectivity index is 1.16. The van der Waals surface area contributed by atoms with E-state index in [2.05, 4.69) is 116 Å². The fourth-order valence-corrected chi connectivity index (χ4v) is 9.54. The highest BCUT2D eigenvalue weighted by molar-refractivity contribution is 6.71. The van der Waals surface area contributed by atoms with Gasteiger partial charge in [-0.1, -0.05) is 106 Å². The SMILES string of the molecule is Bc1c(B)c(B)c2c(c1B)c1c(B)c(B)c(B)c(B)c1n2-c1cccc2oc3cc(-c4nc(-c5ccccc5)nc(-c5cccc6oc7ccccc7c56)n4)ccc3c12. The zero-order valence-electron chi connectivity index (χ0n) is 34.5. The maximum atomic E-state index is 6.80. The molecule has 0 saturated carbocycles. The summed E-state index contributed by atoms with van der Waals surface area (Å²) in [5, 5.41) is 6.81. The molecular weight excluding hydrogens is 715 g/mol. The first kappa shape index (κ1) is 35.6. The molecule has 0 saturated heterocycles. The number of fused-ring (bicyclic) bond motifs is 9. The van der Waals surface area contributed by atoms with Crippen molar-refractivity contribution >= 4 is 172 Å². The van der Waals surface area contributed by atoms with Gasteiger partial charge in [0.05, 0.1) is 11.1 Å². The fraction of sp³-hybridized carbons (Fsp3) is 0. The van der Waals surface area contributed by atoms with Crippen molar-refractivity contribution in [2.24, 2.45) is 0 Å². The smallest absolute Gasteiger partial charge is 0.164 e. The average molecular weight is 749 g/mol. The van der Waals surface area contributed by atoms with Gasteiger partial charge in [-0.3, -0.25) is 0 Å². The Labute approximate surface area is 348 Å². The number of nitrogens with zero attached hydrogens (tertiary/aromatic N) is 4. The van der Waals surface area contributed by atoms with Gasteiger partial charge in [0.1, 0.15) is 85.1 Å². The van der Waals surface area contributed by atoms with E-state index in [0.717, 1.165) is 66.3 Å². The Hall–Kier alpha value is -6.53. The van der Waals surface area contributed by atoms with Crippen molar-refractivity contribution in [3.63, 3.8) is 0 Å². The van der Waals surface area contributed by atoms with Crippen molar-refractivity contribution in [2.75, 3.05) is 0 Å². The third-order valence-corrected chi connectivity index (χ3v) is 13.3. The maximum Gasteiger partial charge on any atom is 0.164 e. The number of rotatable bonds is 4. The van der Waals surface area contributed by atoms with Crippen LogP contribution < -0.4 is 43.7 Å². The topological polar surface area (TPSA) is 69.9 Å². The van der Waals surface area contributed by atoms with Crippen LogP contribution in [0.25, 0.3) is 106 Å². The van der Waals surface area contributed by atoms with E-state index in [0.29, 0.717) is 17.5 Å². The molecule has 4 aromatic heterocycles. The monoisotopic (exact) mass is 750 g/mol. The van der Waals surface area contributed by atoms with E-state index in [9.17, 15) is 0 Å². The first-order valence-electron chi connectivity index (χ1n) is 20.3. The third-order valence-electron chi connectivity index (χ3n) is 13.3. The number of furan rings is 2. The molecule has 0 fully saturated rings. The summed E-state index contributed by atoms with van der Waals surface area (Å²) in [6, 6.07) is 37.1. The lowest BCUT2D eigenvalue weighted by Gasteiger charge is -2.17. The van der Waals surface area contributed by atoms with Gasteiger partial charge in [-0.15, -0.1) is 10.9 Å². The Morgan fingerprint density at radius 3 is 1.59 bits per heavy atom. The zero-order chi connectivity index (χ0) is 40.4. The number of aromatic nitrogens is 4. The van der Waals surface area contributed by atoms with Gasteiger partial charge < -0.3 is 13.4 Å². The molecule has 0 aliphatic rings. The lowest BCUT2D eigenvalue weighted by atomic mass is 9.63. The minimum absolute atomic E-state index is 0.567. The van der Waals surface area contributed by atoms with Gasteiger partial charge in [0.25, 0.3) is 0 Å². The van der Waals surface area contributed by atoms with Gasteiger partial charge in [0.2, 0.25) is 0 Å². The fourth-order valence-electron chi connectivity index (χ4n) is 9.54. The normalized spacial score (nSPS) is 11.9. The zero-order valence-corrected chi connectivity index (χ0v) is 34.5. The summed E-state index contributed by atoms with van der Waals surface area (Å²) in [7, 11) is 18.2. The lowest BCUT2D eigenvalue weighted by molar-refractivity contribution is 0.668. The molecule has 0 N–H and O–H groups in total. The first-order chi connectivity index (χ1) is 28.6. The molecule has 0 bridgehead atoms. The Morgan fingerprint density at radius 1 is 0.373 bits per heavy atom. The second-order valence-electron chi connectivity index (χ2n) is 16.2. The minimum atomic E-state index is 0.567. The van der Waals surface area contributed by atoms with Crippen molar-refractivity contribution in [3.05, 3.63) is 109 Å². The van der Waals surface area contributed by atoms with Crippen molar-refractivity contribution in [2.45, 2.75) is 0 Å². The summed E-state index contributed by atoms with van der Waals surface area (Å²) in [5.74, 6) is 1.75. The van der Waals surface area contributed by atoms with Gasteiger partial charge in [-0.05, 0) is 47.2 Å². The molecule has 0 unspecified atom stereocenters. The summed E-state index contributed by atoms with van der Waals surface area (Å²) in [6.45, 7) is 0. The molecule has 0 aliphatic carbocycles. The Morgan fingerprint density at radius 2 is 0.898 bits per heavy atom. The third kappa shape index (κ3) is 5.08. The van der Waals surface area contributed by atoms with Gasteiger partial charge >= 0.3 is 0 Å². The summed E-state index contributed by atoms with van der Waals surface area (Å²) >= 11 is 0. The highest BCUT2D eigenvalue weighted by Gasteiger charge is 2.25. The molecule has 0 radical (unpaired) electrons. The highest BCUT2D eigenvalue weighted by Crippen LogP contribution is 2.40. The molecule has 6 nitrogen and oxygen atoms in total. The summed E-state index contributed by atoms with van der Waals surface area (Å²) in [6.07, 6.45) is 0. The largest absolute Gasteiger partial charge is 0.456 e. The van der Waals surface area contributed by atoms with Gasteiger partial charge in [-0.25, -0.2) is 15.0 Å². The van der Waals surface area contributed by atoms with Crippen LogP contribution in [0.3, 0.4) is 0 Å². The lowest BCUT2D eigenvalue weighted by Crippen LogP contribution is -2.49. The first-order valence-corrected chi connectivity index (χ1v) is 20.3. The summed E-state index contributed by atoms with van der Waals surface area (Å²) in [5.41, 5.74) is 20.2. The molecule has 0 atom stereocenters. The second kappa shape index (κ2) is 13.0. The van der Waals surface area contributed by atoms with E-state index in [1.165, 1.54) is 65.5 Å². The van der Waals surface area contributed by atoms with E-state index in [1.807, 2.05) is 60.7 Å². The average Bonchev–Trinajstić information content (AvgIpc) is 3.96. The predicted octanol–water partition coefficient (Wildman–Crippen LogP) is -2.16. The quantitative estimate of drug-likeness (QED) is 0.192. The standard InChI is InChI=1S/C45H34B8N4O2/c46-33-31-32-34(47)36(49)38(51)40(53)42(32)57(41(31)39(52)37(50)35(33)48)24-12-7-15-27-30(24)22-17-16-20(18-28(22)59-27)44-54-43(19-8-2-1-3-9-19)55-45(56-44)23-11-6-14-26-29(23)21-10-4-5-13-25(21)58-26/h1-18H,46-53H2. The molecule has 270 valence electrons. The van der Waals surface area contributed by atoms with Crippen LogP contribution >= 0.6 is 0 Å². The summed E-state index contributed by atoms with van der Waals surface area (Å²) < 4.78 is 15.6.